The van der Waals surface area contributed by atoms with Crippen LogP contribution in [0.1, 0.15) is 51.5 Å². The summed E-state index contributed by atoms with van der Waals surface area (Å²) in [6, 6.07) is 0. The van der Waals surface area contributed by atoms with E-state index in [0.29, 0.717) is 5.92 Å². The van der Waals surface area contributed by atoms with Crippen molar-refractivity contribution in [1.82, 2.24) is 9.78 Å². The van der Waals surface area contributed by atoms with E-state index in [2.05, 4.69) is 18.9 Å². The summed E-state index contributed by atoms with van der Waals surface area (Å²) in [7, 11) is 0. The molecule has 2 rings (SSSR count). The molecule has 2 unspecified atom stereocenters. The van der Waals surface area contributed by atoms with Crippen molar-refractivity contribution >= 4 is 0 Å². The predicted molar refractivity (Wildman–Crippen MR) is 64.0 cm³/mol. The summed E-state index contributed by atoms with van der Waals surface area (Å²) in [6.07, 6.45) is 9.06. The second-order valence-corrected chi connectivity index (χ2v) is 5.23. The summed E-state index contributed by atoms with van der Waals surface area (Å²) < 4.78 is 1.94. The highest BCUT2D eigenvalue weighted by molar-refractivity contribution is 5.16. The predicted octanol–water partition coefficient (Wildman–Crippen LogP) is 2.69. The van der Waals surface area contributed by atoms with Crippen LogP contribution in [0.2, 0.25) is 0 Å². The first-order valence-corrected chi connectivity index (χ1v) is 6.39. The third-order valence-electron chi connectivity index (χ3n) is 3.60. The smallest absolute Gasteiger partial charge is 0.0929 e. The topological polar surface area (TPSA) is 38.0 Å². The quantitative estimate of drug-likeness (QED) is 0.854. The van der Waals surface area contributed by atoms with Crippen LogP contribution in [-0.2, 0) is 12.1 Å². The van der Waals surface area contributed by atoms with Gasteiger partial charge in [0.1, 0.15) is 0 Å². The molecule has 0 amide bonds. The number of hydrogen-bond acceptors (Lipinski definition) is 2. The van der Waals surface area contributed by atoms with E-state index in [1.165, 1.54) is 6.42 Å². The molecule has 0 saturated heterocycles. The van der Waals surface area contributed by atoms with Gasteiger partial charge >= 0.3 is 0 Å². The van der Waals surface area contributed by atoms with Gasteiger partial charge in [-0.15, -0.1) is 0 Å². The van der Waals surface area contributed by atoms with E-state index < -0.39 is 5.60 Å². The molecule has 1 N–H and O–H groups in total. The van der Waals surface area contributed by atoms with Crippen LogP contribution < -0.4 is 0 Å². The average molecular weight is 222 g/mol. The van der Waals surface area contributed by atoms with Crippen LogP contribution in [0.25, 0.3) is 0 Å². The molecule has 1 aromatic rings. The van der Waals surface area contributed by atoms with Crippen LogP contribution in [0.5, 0.6) is 0 Å². The maximum absolute atomic E-state index is 10.6. The molecule has 1 heterocycles. The fourth-order valence-corrected chi connectivity index (χ4v) is 2.74. The van der Waals surface area contributed by atoms with Crippen molar-refractivity contribution in [3.8, 4) is 0 Å². The number of aryl methyl sites for hydroxylation is 1. The fraction of sp³-hybridized carbons (Fsp3) is 0.769. The van der Waals surface area contributed by atoms with Crippen LogP contribution in [0.3, 0.4) is 0 Å². The van der Waals surface area contributed by atoms with Crippen molar-refractivity contribution < 1.29 is 5.11 Å². The molecule has 0 aromatic carbocycles. The maximum atomic E-state index is 10.6. The zero-order chi connectivity index (χ0) is 11.6. The standard InChI is InChI=1S/C13H22N2O/c1-3-7-15-10-12(9-14-15)13(16)6-4-5-11(2)8-13/h9-11,16H,3-8H2,1-2H3. The monoisotopic (exact) mass is 222 g/mol. The van der Waals surface area contributed by atoms with Gasteiger partial charge in [0.05, 0.1) is 11.8 Å². The normalized spacial score (nSPS) is 30.6. The number of rotatable bonds is 3. The molecule has 1 fully saturated rings. The Hall–Kier alpha value is -0.830. The molecule has 16 heavy (non-hydrogen) atoms. The Morgan fingerprint density at radius 3 is 3.12 bits per heavy atom. The molecule has 1 aliphatic carbocycles. The molecule has 90 valence electrons. The van der Waals surface area contributed by atoms with Gasteiger partial charge in [-0.25, -0.2) is 0 Å². The van der Waals surface area contributed by atoms with Gasteiger partial charge in [0.15, 0.2) is 0 Å². The number of hydrogen-bond donors (Lipinski definition) is 1. The van der Waals surface area contributed by atoms with Gasteiger partial charge in [-0.2, -0.15) is 5.10 Å². The molecule has 3 heteroatoms. The van der Waals surface area contributed by atoms with Gasteiger partial charge in [-0.05, 0) is 31.6 Å². The van der Waals surface area contributed by atoms with Crippen LogP contribution in [-0.4, -0.2) is 14.9 Å². The number of nitrogens with zero attached hydrogens (tertiary/aromatic N) is 2. The van der Waals surface area contributed by atoms with Crippen molar-refractivity contribution in [2.75, 3.05) is 0 Å². The lowest BCUT2D eigenvalue weighted by molar-refractivity contribution is -0.0179. The van der Waals surface area contributed by atoms with E-state index in [1.807, 2.05) is 17.1 Å². The summed E-state index contributed by atoms with van der Waals surface area (Å²) in [6.45, 7) is 5.30. The van der Waals surface area contributed by atoms with Crippen molar-refractivity contribution in [2.45, 2.75) is 58.1 Å². The summed E-state index contributed by atoms with van der Waals surface area (Å²) in [5, 5.41) is 14.9. The van der Waals surface area contributed by atoms with Gasteiger partial charge in [-0.1, -0.05) is 20.3 Å². The van der Waals surface area contributed by atoms with Crippen molar-refractivity contribution in [3.05, 3.63) is 18.0 Å². The van der Waals surface area contributed by atoms with E-state index in [9.17, 15) is 5.11 Å². The lowest BCUT2D eigenvalue weighted by atomic mass is 9.76. The maximum Gasteiger partial charge on any atom is 0.0929 e. The highest BCUT2D eigenvalue weighted by atomic mass is 16.3. The van der Waals surface area contributed by atoms with Crippen molar-refractivity contribution in [2.24, 2.45) is 5.92 Å². The van der Waals surface area contributed by atoms with E-state index in [4.69, 9.17) is 0 Å². The van der Waals surface area contributed by atoms with Gasteiger partial charge in [-0.3, -0.25) is 4.68 Å². The minimum Gasteiger partial charge on any atom is -0.385 e. The summed E-state index contributed by atoms with van der Waals surface area (Å²) in [5.74, 6) is 0.619. The molecular formula is C13H22N2O. The molecule has 0 bridgehead atoms. The van der Waals surface area contributed by atoms with Gasteiger partial charge in [0.25, 0.3) is 0 Å². The molecule has 0 aliphatic heterocycles. The Balaban J connectivity index is 2.14. The Kier molecular flexibility index (Phi) is 3.33. The van der Waals surface area contributed by atoms with E-state index >= 15 is 0 Å². The van der Waals surface area contributed by atoms with Crippen LogP contribution in [0, 0.1) is 5.92 Å². The second kappa shape index (κ2) is 4.58. The van der Waals surface area contributed by atoms with E-state index in [-0.39, 0.29) is 0 Å². The largest absolute Gasteiger partial charge is 0.385 e. The average Bonchev–Trinajstić information content (AvgIpc) is 2.67. The minimum atomic E-state index is -0.621. The van der Waals surface area contributed by atoms with Crippen LogP contribution in [0.15, 0.2) is 12.4 Å². The molecular weight excluding hydrogens is 200 g/mol. The zero-order valence-electron chi connectivity index (χ0n) is 10.3. The van der Waals surface area contributed by atoms with Gasteiger partial charge < -0.3 is 5.11 Å². The third-order valence-corrected chi connectivity index (χ3v) is 3.60. The Labute approximate surface area is 97.5 Å². The van der Waals surface area contributed by atoms with Crippen LogP contribution >= 0.6 is 0 Å². The molecule has 3 nitrogen and oxygen atoms in total. The summed E-state index contributed by atoms with van der Waals surface area (Å²) in [5.41, 5.74) is 0.386. The summed E-state index contributed by atoms with van der Waals surface area (Å²) in [4.78, 5) is 0. The molecule has 1 aromatic heterocycles. The highest BCUT2D eigenvalue weighted by Gasteiger charge is 2.35. The fourth-order valence-electron chi connectivity index (χ4n) is 2.74. The number of aromatic nitrogens is 2. The molecule has 1 saturated carbocycles. The lowest BCUT2D eigenvalue weighted by Gasteiger charge is -2.34. The lowest BCUT2D eigenvalue weighted by Crippen LogP contribution is -2.31. The summed E-state index contributed by atoms with van der Waals surface area (Å²) >= 11 is 0. The zero-order valence-corrected chi connectivity index (χ0v) is 10.3. The molecule has 2 atom stereocenters. The third kappa shape index (κ3) is 2.29. The van der Waals surface area contributed by atoms with Gasteiger partial charge in [0.2, 0.25) is 0 Å². The van der Waals surface area contributed by atoms with E-state index in [1.54, 1.807) is 0 Å². The number of aliphatic hydroxyl groups is 1. The van der Waals surface area contributed by atoms with Crippen LogP contribution in [0.4, 0.5) is 0 Å². The van der Waals surface area contributed by atoms with Crippen molar-refractivity contribution in [1.29, 1.82) is 0 Å². The first-order chi connectivity index (χ1) is 7.64. The molecule has 0 radical (unpaired) electrons. The minimum absolute atomic E-state index is 0.619. The Bertz CT molecular complexity index is 347. The first kappa shape index (κ1) is 11.6. The van der Waals surface area contributed by atoms with Gasteiger partial charge in [0, 0.05) is 18.3 Å². The first-order valence-electron chi connectivity index (χ1n) is 6.39. The van der Waals surface area contributed by atoms with E-state index in [0.717, 1.165) is 37.8 Å². The van der Waals surface area contributed by atoms with Crippen molar-refractivity contribution in [3.63, 3.8) is 0 Å². The Morgan fingerprint density at radius 1 is 1.62 bits per heavy atom. The highest BCUT2D eigenvalue weighted by Crippen LogP contribution is 2.39. The second-order valence-electron chi connectivity index (χ2n) is 5.23. The SMILES string of the molecule is CCCn1cc(C2(O)CCCC(C)C2)cn1. The molecule has 1 aliphatic rings. The Morgan fingerprint density at radius 2 is 2.44 bits per heavy atom. The molecule has 0 spiro atoms.